The first-order chi connectivity index (χ1) is 7.22. The molecular formula is C12H25NOS. The summed E-state index contributed by atoms with van der Waals surface area (Å²) in [5.74, 6) is 3.71. The fourth-order valence-electron chi connectivity index (χ4n) is 1.82. The maximum absolute atomic E-state index is 8.89. The van der Waals surface area contributed by atoms with Gasteiger partial charge in [-0.1, -0.05) is 13.8 Å². The third-order valence-electron chi connectivity index (χ3n) is 3.14. The zero-order valence-corrected chi connectivity index (χ0v) is 10.9. The highest BCUT2D eigenvalue weighted by atomic mass is 32.2. The first-order valence-electron chi connectivity index (χ1n) is 6.13. The summed E-state index contributed by atoms with van der Waals surface area (Å²) in [6, 6.07) is 0. The van der Waals surface area contributed by atoms with Crippen LogP contribution in [0.25, 0.3) is 0 Å². The number of likely N-dealkylation sites (tertiary alicyclic amines) is 1. The summed E-state index contributed by atoms with van der Waals surface area (Å²) in [5.41, 5.74) is 0. The van der Waals surface area contributed by atoms with E-state index in [4.69, 9.17) is 5.11 Å². The van der Waals surface area contributed by atoms with Crippen molar-refractivity contribution in [2.24, 2.45) is 11.8 Å². The van der Waals surface area contributed by atoms with Gasteiger partial charge in [0.15, 0.2) is 0 Å². The molecule has 0 aliphatic carbocycles. The van der Waals surface area contributed by atoms with Gasteiger partial charge in [0.25, 0.3) is 0 Å². The van der Waals surface area contributed by atoms with Crippen molar-refractivity contribution in [3.63, 3.8) is 0 Å². The summed E-state index contributed by atoms with van der Waals surface area (Å²) in [7, 11) is 0. The minimum Gasteiger partial charge on any atom is -0.396 e. The molecule has 0 spiro atoms. The molecular weight excluding hydrogens is 206 g/mol. The minimum absolute atomic E-state index is 0.328. The lowest BCUT2D eigenvalue weighted by molar-refractivity contribution is 0.202. The fourth-order valence-corrected chi connectivity index (χ4v) is 2.88. The quantitative estimate of drug-likeness (QED) is 0.708. The van der Waals surface area contributed by atoms with Crippen molar-refractivity contribution in [1.29, 1.82) is 0 Å². The van der Waals surface area contributed by atoms with E-state index in [1.54, 1.807) is 0 Å². The zero-order chi connectivity index (χ0) is 11.1. The Labute approximate surface area is 98.4 Å². The fraction of sp³-hybridized carbons (Fsp3) is 1.00. The van der Waals surface area contributed by atoms with Crippen LogP contribution in [0.4, 0.5) is 0 Å². The SMILES string of the molecule is CC1CCN(CCSCC(C)CO)CC1. The number of thioether (sulfide) groups is 1. The Kier molecular flexibility index (Phi) is 6.69. The van der Waals surface area contributed by atoms with Crippen LogP contribution in [0.15, 0.2) is 0 Å². The average Bonchev–Trinajstić information content (AvgIpc) is 2.26. The van der Waals surface area contributed by atoms with Crippen molar-refractivity contribution in [3.8, 4) is 0 Å². The van der Waals surface area contributed by atoms with Crippen molar-refractivity contribution in [1.82, 2.24) is 4.90 Å². The normalized spacial score (nSPS) is 21.8. The third-order valence-corrected chi connectivity index (χ3v) is 4.42. The van der Waals surface area contributed by atoms with Crippen LogP contribution < -0.4 is 0 Å². The summed E-state index contributed by atoms with van der Waals surface area (Å²) >= 11 is 1.98. The number of hydrogen-bond donors (Lipinski definition) is 1. The van der Waals surface area contributed by atoms with E-state index >= 15 is 0 Å². The first kappa shape index (κ1) is 13.3. The number of aliphatic hydroxyl groups is 1. The van der Waals surface area contributed by atoms with Crippen LogP contribution in [0.1, 0.15) is 26.7 Å². The van der Waals surface area contributed by atoms with Crippen LogP contribution in [-0.4, -0.2) is 47.8 Å². The van der Waals surface area contributed by atoms with Crippen LogP contribution in [0, 0.1) is 11.8 Å². The van der Waals surface area contributed by atoms with Gasteiger partial charge < -0.3 is 10.0 Å². The molecule has 3 heteroatoms. The Bertz CT molecular complexity index is 158. The molecule has 90 valence electrons. The third kappa shape index (κ3) is 5.79. The van der Waals surface area contributed by atoms with Gasteiger partial charge >= 0.3 is 0 Å². The summed E-state index contributed by atoms with van der Waals surface area (Å²) < 4.78 is 0. The monoisotopic (exact) mass is 231 g/mol. The van der Waals surface area contributed by atoms with E-state index in [-0.39, 0.29) is 0 Å². The maximum Gasteiger partial charge on any atom is 0.0464 e. The van der Waals surface area contributed by atoms with Gasteiger partial charge in [-0.15, -0.1) is 0 Å². The highest BCUT2D eigenvalue weighted by molar-refractivity contribution is 7.99. The molecule has 1 saturated heterocycles. The van der Waals surface area contributed by atoms with Crippen molar-refractivity contribution in [2.75, 3.05) is 37.7 Å². The van der Waals surface area contributed by atoms with E-state index < -0.39 is 0 Å². The molecule has 0 aromatic rings. The van der Waals surface area contributed by atoms with Gasteiger partial charge in [-0.05, 0) is 43.5 Å². The average molecular weight is 231 g/mol. The van der Waals surface area contributed by atoms with E-state index in [1.807, 2.05) is 11.8 Å². The number of aliphatic hydroxyl groups excluding tert-OH is 1. The zero-order valence-electron chi connectivity index (χ0n) is 10.1. The molecule has 0 radical (unpaired) electrons. The second-order valence-corrected chi connectivity index (χ2v) is 6.04. The number of nitrogens with zero attached hydrogens (tertiary/aromatic N) is 1. The topological polar surface area (TPSA) is 23.5 Å². The largest absolute Gasteiger partial charge is 0.396 e. The summed E-state index contributed by atoms with van der Waals surface area (Å²) in [4.78, 5) is 2.58. The smallest absolute Gasteiger partial charge is 0.0464 e. The molecule has 2 nitrogen and oxygen atoms in total. The van der Waals surface area contributed by atoms with Gasteiger partial charge in [0, 0.05) is 18.9 Å². The molecule has 0 aromatic heterocycles. The molecule has 1 rings (SSSR count). The summed E-state index contributed by atoms with van der Waals surface area (Å²) in [6.45, 7) is 8.60. The highest BCUT2D eigenvalue weighted by Crippen LogP contribution is 2.16. The molecule has 0 aromatic carbocycles. The van der Waals surface area contributed by atoms with Crippen LogP contribution in [0.5, 0.6) is 0 Å². The van der Waals surface area contributed by atoms with Crippen LogP contribution in [-0.2, 0) is 0 Å². The number of piperidine rings is 1. The number of rotatable bonds is 6. The predicted molar refractivity (Wildman–Crippen MR) is 68.4 cm³/mol. The van der Waals surface area contributed by atoms with E-state index in [2.05, 4.69) is 18.7 Å². The Morgan fingerprint density at radius 2 is 2.07 bits per heavy atom. The van der Waals surface area contributed by atoms with E-state index in [0.29, 0.717) is 12.5 Å². The van der Waals surface area contributed by atoms with E-state index in [9.17, 15) is 0 Å². The maximum atomic E-state index is 8.89. The van der Waals surface area contributed by atoms with Gasteiger partial charge in [0.2, 0.25) is 0 Å². The number of hydrogen-bond acceptors (Lipinski definition) is 3. The van der Waals surface area contributed by atoms with Gasteiger partial charge in [-0.2, -0.15) is 11.8 Å². The standard InChI is InChI=1S/C12H25NOS/c1-11-3-5-13(6-4-11)7-8-15-10-12(2)9-14/h11-12,14H,3-10H2,1-2H3. The van der Waals surface area contributed by atoms with Crippen molar-refractivity contribution >= 4 is 11.8 Å². The Morgan fingerprint density at radius 1 is 1.40 bits per heavy atom. The van der Waals surface area contributed by atoms with Gasteiger partial charge in [-0.25, -0.2) is 0 Å². The first-order valence-corrected chi connectivity index (χ1v) is 7.28. The second-order valence-electron chi connectivity index (χ2n) is 4.89. The lowest BCUT2D eigenvalue weighted by Crippen LogP contribution is -2.34. The molecule has 1 aliphatic rings. The predicted octanol–water partition coefficient (Wildman–Crippen LogP) is 2.08. The second kappa shape index (κ2) is 7.53. The van der Waals surface area contributed by atoms with Gasteiger partial charge in [0.05, 0.1) is 0 Å². The van der Waals surface area contributed by atoms with Gasteiger partial charge in [-0.3, -0.25) is 0 Å². The van der Waals surface area contributed by atoms with Crippen molar-refractivity contribution in [3.05, 3.63) is 0 Å². The molecule has 15 heavy (non-hydrogen) atoms. The van der Waals surface area contributed by atoms with Crippen LogP contribution >= 0.6 is 11.8 Å². The molecule has 1 fully saturated rings. The highest BCUT2D eigenvalue weighted by Gasteiger charge is 2.14. The molecule has 0 amide bonds. The minimum atomic E-state index is 0.328. The Morgan fingerprint density at radius 3 is 2.67 bits per heavy atom. The van der Waals surface area contributed by atoms with E-state index in [0.717, 1.165) is 11.7 Å². The molecule has 1 aliphatic heterocycles. The van der Waals surface area contributed by atoms with Crippen molar-refractivity contribution < 1.29 is 5.11 Å². The van der Waals surface area contributed by atoms with Gasteiger partial charge in [0.1, 0.15) is 0 Å². The van der Waals surface area contributed by atoms with Crippen molar-refractivity contribution in [2.45, 2.75) is 26.7 Å². The summed E-state index contributed by atoms with van der Waals surface area (Å²) in [6.07, 6.45) is 2.75. The van der Waals surface area contributed by atoms with Crippen LogP contribution in [0.2, 0.25) is 0 Å². The lowest BCUT2D eigenvalue weighted by atomic mass is 9.99. The molecule has 1 atom stereocenters. The Hall–Kier alpha value is 0.270. The molecule has 1 heterocycles. The van der Waals surface area contributed by atoms with Crippen LogP contribution in [0.3, 0.4) is 0 Å². The molecule has 1 N–H and O–H groups in total. The lowest BCUT2D eigenvalue weighted by Gasteiger charge is -2.30. The van der Waals surface area contributed by atoms with E-state index in [1.165, 1.54) is 38.2 Å². The summed E-state index contributed by atoms with van der Waals surface area (Å²) in [5, 5.41) is 8.89. The molecule has 0 bridgehead atoms. The molecule has 0 saturated carbocycles. The Balaban J connectivity index is 1.96. The molecule has 1 unspecified atom stereocenters.